The van der Waals surface area contributed by atoms with E-state index in [1.807, 2.05) is 31.3 Å². The second-order valence-corrected chi connectivity index (χ2v) is 7.08. The molecule has 3 N–H and O–H groups in total. The minimum absolute atomic E-state index is 0.264. The Morgan fingerprint density at radius 3 is 2.70 bits per heavy atom. The van der Waals surface area contributed by atoms with Crippen LogP contribution in [-0.2, 0) is 11.4 Å². The molecule has 0 amide bonds. The van der Waals surface area contributed by atoms with E-state index >= 15 is 0 Å². The third-order valence-corrected chi connectivity index (χ3v) is 4.69. The first-order valence-electron chi connectivity index (χ1n) is 9.63. The number of aromatic nitrogens is 3. The third kappa shape index (κ3) is 5.20. The van der Waals surface area contributed by atoms with Crippen molar-refractivity contribution in [3.05, 3.63) is 84.0 Å². The van der Waals surface area contributed by atoms with Crippen molar-refractivity contribution < 1.29 is 9.23 Å². The summed E-state index contributed by atoms with van der Waals surface area (Å²) in [5.74, 6) is 0.603. The molecule has 0 spiro atoms. The second-order valence-electron chi connectivity index (χ2n) is 7.08. The Bertz CT molecular complexity index is 972. The summed E-state index contributed by atoms with van der Waals surface area (Å²) >= 11 is 0. The highest BCUT2D eigenvalue weighted by Gasteiger charge is 2.14. The molecule has 2 aromatic carbocycles. The molecular formula is C21H24FN7O. The molecule has 9 heteroatoms. The lowest BCUT2D eigenvalue weighted by Crippen LogP contribution is -2.28. The minimum atomic E-state index is -0.264. The summed E-state index contributed by atoms with van der Waals surface area (Å²) in [6, 6.07) is 14.4. The number of nitrogens with zero attached hydrogens (tertiary/aromatic N) is 4. The van der Waals surface area contributed by atoms with Crippen molar-refractivity contribution in [1.29, 1.82) is 0 Å². The van der Waals surface area contributed by atoms with E-state index in [1.54, 1.807) is 23.1 Å². The first-order chi connectivity index (χ1) is 14.7. The molecule has 1 fully saturated rings. The molecule has 1 aliphatic heterocycles. The molecule has 0 radical (unpaired) electrons. The zero-order chi connectivity index (χ0) is 20.8. The van der Waals surface area contributed by atoms with Gasteiger partial charge in [0.25, 0.3) is 0 Å². The number of nitrogens with one attached hydrogen (secondary N) is 3. The number of benzene rings is 2. The molecule has 4 rings (SSSR count). The van der Waals surface area contributed by atoms with Crippen molar-refractivity contribution in [3.63, 3.8) is 0 Å². The third-order valence-electron chi connectivity index (χ3n) is 4.69. The van der Waals surface area contributed by atoms with Crippen molar-refractivity contribution in [2.75, 3.05) is 32.2 Å². The number of anilines is 1. The monoisotopic (exact) mass is 409 g/mol. The molecule has 0 bridgehead atoms. The van der Waals surface area contributed by atoms with E-state index in [-0.39, 0.29) is 5.82 Å². The Labute approximate surface area is 174 Å². The predicted molar refractivity (Wildman–Crippen MR) is 112 cm³/mol. The first kappa shape index (κ1) is 20.0. The van der Waals surface area contributed by atoms with Gasteiger partial charge in [0.2, 0.25) is 0 Å². The molecular weight excluding hydrogens is 385 g/mol. The average molecular weight is 409 g/mol. The zero-order valence-electron chi connectivity index (χ0n) is 16.7. The van der Waals surface area contributed by atoms with Crippen LogP contribution < -0.4 is 16.1 Å². The molecule has 0 atom stereocenters. The van der Waals surface area contributed by atoms with E-state index in [1.165, 1.54) is 18.5 Å². The van der Waals surface area contributed by atoms with Gasteiger partial charge in [-0.2, -0.15) is 10.6 Å². The summed E-state index contributed by atoms with van der Waals surface area (Å²) in [5.41, 5.74) is 6.95. The molecule has 0 unspecified atom stereocenters. The van der Waals surface area contributed by atoms with Crippen LogP contribution in [0.15, 0.2) is 72.6 Å². The van der Waals surface area contributed by atoms with E-state index in [2.05, 4.69) is 31.1 Å². The fourth-order valence-corrected chi connectivity index (χ4v) is 3.12. The maximum atomic E-state index is 13.3. The summed E-state index contributed by atoms with van der Waals surface area (Å²) in [5, 5.41) is 11.0. The smallest absolute Gasteiger partial charge is 0.138 e. The highest BCUT2D eigenvalue weighted by atomic mass is 19.1. The van der Waals surface area contributed by atoms with Crippen molar-refractivity contribution >= 4 is 5.69 Å². The van der Waals surface area contributed by atoms with Crippen LogP contribution in [0.25, 0.3) is 5.69 Å². The molecule has 1 aromatic heterocycles. The molecule has 30 heavy (non-hydrogen) atoms. The summed E-state index contributed by atoms with van der Waals surface area (Å²) in [6.07, 6.45) is 3.18. The van der Waals surface area contributed by atoms with Crippen LogP contribution in [-0.4, -0.2) is 46.5 Å². The van der Waals surface area contributed by atoms with Gasteiger partial charge in [-0.1, -0.05) is 12.1 Å². The van der Waals surface area contributed by atoms with Crippen molar-refractivity contribution in [1.82, 2.24) is 30.5 Å². The number of likely N-dealkylation sites (N-methyl/N-ethyl adjacent to an activating group) is 1. The Kier molecular flexibility index (Phi) is 6.33. The lowest BCUT2D eigenvalue weighted by atomic mass is 10.2. The van der Waals surface area contributed by atoms with E-state index in [0.717, 1.165) is 34.9 Å². The molecule has 2 heterocycles. The lowest BCUT2D eigenvalue weighted by molar-refractivity contribution is -0.00300. The van der Waals surface area contributed by atoms with Gasteiger partial charge in [-0.05, 0) is 49.0 Å². The maximum Gasteiger partial charge on any atom is 0.138 e. The molecule has 1 saturated heterocycles. The number of rotatable bonds is 6. The van der Waals surface area contributed by atoms with Crippen LogP contribution >= 0.6 is 0 Å². The number of halogens is 1. The molecule has 1 aliphatic rings. The SMILES string of the molecule is CN1CONC/C(=C(\NCc2ccc(-n3cncn3)cc2)Nc2ccc(F)cc2)C1. The average Bonchev–Trinajstić information content (AvgIpc) is 3.21. The summed E-state index contributed by atoms with van der Waals surface area (Å²) in [6.45, 7) is 2.42. The minimum Gasteiger partial charge on any atom is -0.368 e. The van der Waals surface area contributed by atoms with Gasteiger partial charge >= 0.3 is 0 Å². The molecule has 156 valence electrons. The lowest BCUT2D eigenvalue weighted by Gasteiger charge is -2.20. The van der Waals surface area contributed by atoms with Crippen LogP contribution in [0.5, 0.6) is 0 Å². The summed E-state index contributed by atoms with van der Waals surface area (Å²) < 4.78 is 15.0. The Morgan fingerprint density at radius 2 is 1.97 bits per heavy atom. The summed E-state index contributed by atoms with van der Waals surface area (Å²) in [7, 11) is 1.99. The van der Waals surface area contributed by atoms with Gasteiger partial charge in [0.05, 0.1) is 5.69 Å². The van der Waals surface area contributed by atoms with Gasteiger partial charge in [-0.15, -0.1) is 0 Å². The van der Waals surface area contributed by atoms with Crippen molar-refractivity contribution in [3.8, 4) is 5.69 Å². The molecule has 0 saturated carbocycles. The zero-order valence-corrected chi connectivity index (χ0v) is 16.7. The normalized spacial score (nSPS) is 16.7. The van der Waals surface area contributed by atoms with E-state index < -0.39 is 0 Å². The van der Waals surface area contributed by atoms with Gasteiger partial charge in [0, 0.05) is 30.9 Å². The van der Waals surface area contributed by atoms with Gasteiger partial charge in [-0.3, -0.25) is 9.74 Å². The molecule has 0 aliphatic carbocycles. The summed E-state index contributed by atoms with van der Waals surface area (Å²) in [4.78, 5) is 11.4. The Hall–Kier alpha value is -3.27. The van der Waals surface area contributed by atoms with Gasteiger partial charge in [-0.25, -0.2) is 14.1 Å². The number of hydrogen-bond donors (Lipinski definition) is 3. The van der Waals surface area contributed by atoms with Gasteiger partial charge in [0.15, 0.2) is 0 Å². The van der Waals surface area contributed by atoms with Gasteiger partial charge < -0.3 is 10.6 Å². The number of hydrogen-bond acceptors (Lipinski definition) is 7. The largest absolute Gasteiger partial charge is 0.368 e. The maximum absolute atomic E-state index is 13.3. The van der Waals surface area contributed by atoms with E-state index in [9.17, 15) is 4.39 Å². The van der Waals surface area contributed by atoms with Crippen LogP contribution in [0.3, 0.4) is 0 Å². The van der Waals surface area contributed by atoms with Crippen molar-refractivity contribution in [2.45, 2.75) is 6.54 Å². The Morgan fingerprint density at radius 1 is 1.17 bits per heavy atom. The molecule has 8 nitrogen and oxygen atoms in total. The highest BCUT2D eigenvalue weighted by Crippen LogP contribution is 2.15. The fourth-order valence-electron chi connectivity index (χ4n) is 3.12. The van der Waals surface area contributed by atoms with E-state index in [4.69, 9.17) is 4.84 Å². The Balaban J connectivity index is 1.51. The van der Waals surface area contributed by atoms with Gasteiger partial charge in [0.1, 0.15) is 31.0 Å². The topological polar surface area (TPSA) is 79.3 Å². The van der Waals surface area contributed by atoms with Crippen LogP contribution in [0.1, 0.15) is 5.56 Å². The van der Waals surface area contributed by atoms with E-state index in [0.29, 0.717) is 19.8 Å². The fraction of sp³-hybridized carbons (Fsp3) is 0.238. The first-order valence-corrected chi connectivity index (χ1v) is 9.63. The molecule has 3 aromatic rings. The standard InChI is InChI=1S/C21H24FN7O/c1-28-12-17(11-26-30-15-28)21(27-19-6-4-18(22)5-7-19)24-10-16-2-8-20(9-3-16)29-14-23-13-25-29/h2-9,13-14,24,26-27H,10-12,15H2,1H3/b21-17-. The van der Waals surface area contributed by atoms with Crippen LogP contribution in [0.2, 0.25) is 0 Å². The predicted octanol–water partition coefficient (Wildman–Crippen LogP) is 2.24. The quantitative estimate of drug-likeness (QED) is 0.576. The number of hydroxylamine groups is 1. The van der Waals surface area contributed by atoms with Crippen LogP contribution in [0.4, 0.5) is 10.1 Å². The van der Waals surface area contributed by atoms with Crippen molar-refractivity contribution in [2.24, 2.45) is 0 Å². The van der Waals surface area contributed by atoms with Crippen LogP contribution in [0, 0.1) is 5.82 Å². The second kappa shape index (κ2) is 9.49. The highest BCUT2D eigenvalue weighted by molar-refractivity contribution is 5.49.